The van der Waals surface area contributed by atoms with E-state index in [-0.39, 0.29) is 5.95 Å². The molecule has 2 heterocycles. The number of hydrogen-bond acceptors (Lipinski definition) is 6. The lowest BCUT2D eigenvalue weighted by atomic mass is 10.2. The summed E-state index contributed by atoms with van der Waals surface area (Å²) >= 11 is 1.69. The second-order valence-corrected chi connectivity index (χ2v) is 4.33. The zero-order valence-electron chi connectivity index (χ0n) is 9.73. The van der Waals surface area contributed by atoms with Gasteiger partial charge >= 0.3 is 0 Å². The molecule has 90 valence electrons. The lowest BCUT2D eigenvalue weighted by Crippen LogP contribution is -2.05. The van der Waals surface area contributed by atoms with E-state index in [2.05, 4.69) is 33.0 Å². The smallest absolute Gasteiger partial charge is 0.225 e. The van der Waals surface area contributed by atoms with Crippen molar-refractivity contribution >= 4 is 23.1 Å². The maximum absolute atomic E-state index is 5.57. The first-order valence-corrected chi connectivity index (χ1v) is 6.07. The van der Waals surface area contributed by atoms with Crippen molar-refractivity contribution in [1.82, 2.24) is 9.97 Å². The van der Waals surface area contributed by atoms with Crippen LogP contribution in [0.15, 0.2) is 16.8 Å². The zero-order valence-corrected chi connectivity index (χ0v) is 10.5. The standard InChI is InChI=1S/C11H14N4OS/c1-7-5-17-6-8(7)4-13-9-3-10(16-2)15-11(12)14-9/h3,5-6H,4H2,1-2H3,(H3,12,13,14,15). The summed E-state index contributed by atoms with van der Waals surface area (Å²) in [6.07, 6.45) is 0. The van der Waals surface area contributed by atoms with Crippen LogP contribution >= 0.6 is 11.3 Å². The topological polar surface area (TPSA) is 73.1 Å². The molecule has 3 N–H and O–H groups in total. The fourth-order valence-corrected chi connectivity index (χ4v) is 2.25. The number of aryl methyl sites for hydroxylation is 1. The second kappa shape index (κ2) is 5.01. The van der Waals surface area contributed by atoms with Gasteiger partial charge < -0.3 is 15.8 Å². The average Bonchev–Trinajstić information content (AvgIpc) is 2.71. The van der Waals surface area contributed by atoms with E-state index in [0.717, 1.165) is 6.54 Å². The van der Waals surface area contributed by atoms with Crippen molar-refractivity contribution in [1.29, 1.82) is 0 Å². The molecule has 6 heteroatoms. The molecule has 0 aliphatic rings. The fourth-order valence-electron chi connectivity index (χ4n) is 1.39. The molecule has 0 unspecified atom stereocenters. The molecule has 0 saturated carbocycles. The molecule has 2 aromatic rings. The van der Waals surface area contributed by atoms with Gasteiger partial charge in [-0.2, -0.15) is 21.3 Å². The van der Waals surface area contributed by atoms with Gasteiger partial charge in [-0.25, -0.2) is 0 Å². The van der Waals surface area contributed by atoms with Crippen molar-refractivity contribution in [2.45, 2.75) is 13.5 Å². The van der Waals surface area contributed by atoms with Crippen LogP contribution in [-0.2, 0) is 6.54 Å². The molecule has 0 spiro atoms. The number of nitrogens with two attached hydrogens (primary N) is 1. The van der Waals surface area contributed by atoms with E-state index in [1.54, 1.807) is 24.5 Å². The summed E-state index contributed by atoms with van der Waals surface area (Å²) in [4.78, 5) is 8.01. The highest BCUT2D eigenvalue weighted by molar-refractivity contribution is 7.08. The van der Waals surface area contributed by atoms with E-state index >= 15 is 0 Å². The van der Waals surface area contributed by atoms with Gasteiger partial charge in [-0.1, -0.05) is 0 Å². The van der Waals surface area contributed by atoms with Gasteiger partial charge in [0.25, 0.3) is 0 Å². The molecular formula is C11H14N4OS. The van der Waals surface area contributed by atoms with Crippen LogP contribution in [0, 0.1) is 6.92 Å². The maximum Gasteiger partial charge on any atom is 0.225 e. The maximum atomic E-state index is 5.57. The van der Waals surface area contributed by atoms with Crippen molar-refractivity contribution in [3.8, 4) is 5.88 Å². The van der Waals surface area contributed by atoms with Crippen molar-refractivity contribution in [3.63, 3.8) is 0 Å². The van der Waals surface area contributed by atoms with Gasteiger partial charge in [0.2, 0.25) is 11.8 Å². The minimum Gasteiger partial charge on any atom is -0.481 e. The van der Waals surface area contributed by atoms with Crippen LogP contribution in [0.2, 0.25) is 0 Å². The van der Waals surface area contributed by atoms with Crippen molar-refractivity contribution in [2.75, 3.05) is 18.2 Å². The molecule has 17 heavy (non-hydrogen) atoms. The molecule has 5 nitrogen and oxygen atoms in total. The number of nitrogens with one attached hydrogen (secondary N) is 1. The molecule has 0 atom stereocenters. The van der Waals surface area contributed by atoms with E-state index in [0.29, 0.717) is 11.7 Å². The quantitative estimate of drug-likeness (QED) is 0.868. The number of rotatable bonds is 4. The van der Waals surface area contributed by atoms with Crippen LogP contribution in [-0.4, -0.2) is 17.1 Å². The van der Waals surface area contributed by atoms with Crippen LogP contribution in [0.3, 0.4) is 0 Å². The van der Waals surface area contributed by atoms with E-state index in [1.807, 2.05) is 0 Å². The Bertz CT molecular complexity index is 512. The SMILES string of the molecule is COc1cc(NCc2cscc2C)nc(N)n1. The molecule has 2 aromatic heterocycles. The minimum absolute atomic E-state index is 0.203. The van der Waals surface area contributed by atoms with Crippen molar-refractivity contribution < 1.29 is 4.74 Å². The molecule has 0 aromatic carbocycles. The molecule has 0 fully saturated rings. The Morgan fingerprint density at radius 2 is 2.24 bits per heavy atom. The first-order valence-electron chi connectivity index (χ1n) is 5.13. The summed E-state index contributed by atoms with van der Waals surface area (Å²) in [5, 5.41) is 7.43. The van der Waals surface area contributed by atoms with Crippen LogP contribution < -0.4 is 15.8 Å². The molecule has 0 radical (unpaired) electrons. The predicted octanol–water partition coefficient (Wildman–Crippen LogP) is 2.05. The highest BCUT2D eigenvalue weighted by atomic mass is 32.1. The van der Waals surface area contributed by atoms with Gasteiger partial charge in [-0.3, -0.25) is 0 Å². The van der Waals surface area contributed by atoms with Gasteiger partial charge in [-0.15, -0.1) is 0 Å². The number of aromatic nitrogens is 2. The Labute approximate surface area is 104 Å². The number of thiophene rings is 1. The van der Waals surface area contributed by atoms with E-state index in [4.69, 9.17) is 10.5 Å². The summed E-state index contributed by atoms with van der Waals surface area (Å²) in [6, 6.07) is 1.72. The highest BCUT2D eigenvalue weighted by Crippen LogP contribution is 2.17. The van der Waals surface area contributed by atoms with Crippen molar-refractivity contribution in [3.05, 3.63) is 28.0 Å². The number of ether oxygens (including phenoxy) is 1. The van der Waals surface area contributed by atoms with E-state index in [9.17, 15) is 0 Å². The molecule has 0 saturated heterocycles. The Morgan fingerprint density at radius 1 is 1.41 bits per heavy atom. The fraction of sp³-hybridized carbons (Fsp3) is 0.273. The third-order valence-electron chi connectivity index (χ3n) is 2.35. The lowest BCUT2D eigenvalue weighted by Gasteiger charge is -2.07. The summed E-state index contributed by atoms with van der Waals surface area (Å²) in [5.74, 6) is 1.33. The monoisotopic (exact) mass is 250 g/mol. The number of nitrogen functional groups attached to an aromatic ring is 1. The lowest BCUT2D eigenvalue weighted by molar-refractivity contribution is 0.398. The zero-order chi connectivity index (χ0) is 12.3. The molecule has 2 rings (SSSR count). The minimum atomic E-state index is 0.203. The van der Waals surface area contributed by atoms with Gasteiger partial charge in [0, 0.05) is 12.6 Å². The molecule has 0 aliphatic heterocycles. The summed E-state index contributed by atoms with van der Waals surface area (Å²) in [6.45, 7) is 2.80. The third-order valence-corrected chi connectivity index (χ3v) is 3.26. The Hall–Kier alpha value is -1.82. The van der Waals surface area contributed by atoms with Gasteiger partial charge in [0.15, 0.2) is 0 Å². The average molecular weight is 250 g/mol. The largest absolute Gasteiger partial charge is 0.481 e. The van der Waals surface area contributed by atoms with Crippen LogP contribution in [0.25, 0.3) is 0 Å². The van der Waals surface area contributed by atoms with E-state index < -0.39 is 0 Å². The normalized spacial score (nSPS) is 10.2. The molecule has 0 aliphatic carbocycles. The van der Waals surface area contributed by atoms with Gasteiger partial charge in [0.1, 0.15) is 5.82 Å². The van der Waals surface area contributed by atoms with Gasteiger partial charge in [0.05, 0.1) is 7.11 Å². The Balaban J connectivity index is 2.09. The second-order valence-electron chi connectivity index (χ2n) is 3.59. The number of anilines is 2. The number of hydrogen-bond donors (Lipinski definition) is 2. The van der Waals surface area contributed by atoms with Gasteiger partial charge in [-0.05, 0) is 28.8 Å². The number of methoxy groups -OCH3 is 1. The van der Waals surface area contributed by atoms with Crippen molar-refractivity contribution in [2.24, 2.45) is 0 Å². The predicted molar refractivity (Wildman–Crippen MR) is 69.4 cm³/mol. The van der Waals surface area contributed by atoms with E-state index in [1.165, 1.54) is 11.1 Å². The third kappa shape index (κ3) is 2.85. The first kappa shape index (κ1) is 11.7. The Morgan fingerprint density at radius 3 is 2.88 bits per heavy atom. The molecule has 0 amide bonds. The molecular weight excluding hydrogens is 236 g/mol. The molecule has 0 bridgehead atoms. The van der Waals surface area contributed by atoms with Crippen LogP contribution in [0.4, 0.5) is 11.8 Å². The first-order chi connectivity index (χ1) is 8.19. The number of nitrogens with zero attached hydrogens (tertiary/aromatic N) is 2. The summed E-state index contributed by atoms with van der Waals surface area (Å²) < 4.78 is 5.03. The summed E-state index contributed by atoms with van der Waals surface area (Å²) in [5.41, 5.74) is 8.10. The highest BCUT2D eigenvalue weighted by Gasteiger charge is 2.03. The summed E-state index contributed by atoms with van der Waals surface area (Å²) in [7, 11) is 1.55. The van der Waals surface area contributed by atoms with Crippen LogP contribution in [0.5, 0.6) is 5.88 Å². The van der Waals surface area contributed by atoms with Crippen LogP contribution in [0.1, 0.15) is 11.1 Å². The Kier molecular flexibility index (Phi) is 3.43.